The molecule has 128 valence electrons. The lowest BCUT2D eigenvalue weighted by atomic mass is 9.78. The number of hydrogen-bond donors (Lipinski definition) is 1. The number of aliphatic carboxylic acids is 1. The van der Waals surface area contributed by atoms with Gasteiger partial charge in [0.05, 0.1) is 5.69 Å². The Hall–Kier alpha value is -2.02. The van der Waals surface area contributed by atoms with E-state index in [0.717, 1.165) is 29.9 Å². The Balaban J connectivity index is 1.54. The maximum atomic E-state index is 13.0. The van der Waals surface area contributed by atoms with E-state index in [9.17, 15) is 14.7 Å². The standard InChI is InChI=1S/C17H21N3O4/c21-15(17(16(22)23)4-7-24-8-5-17)20-6-3-13-12(10-20)9-18-14(19-13)11-1-2-11/h9,11H,1-8,10H2,(H,22,23). The minimum absolute atomic E-state index is 0.238. The summed E-state index contributed by atoms with van der Waals surface area (Å²) in [5.41, 5.74) is 0.601. The summed E-state index contributed by atoms with van der Waals surface area (Å²) in [5.74, 6) is 0.0876. The van der Waals surface area contributed by atoms with Crippen LogP contribution in [-0.2, 0) is 27.3 Å². The van der Waals surface area contributed by atoms with E-state index in [4.69, 9.17) is 4.74 Å². The first kappa shape index (κ1) is 15.5. The largest absolute Gasteiger partial charge is 0.480 e. The van der Waals surface area contributed by atoms with Crippen molar-refractivity contribution in [1.82, 2.24) is 14.9 Å². The zero-order valence-electron chi connectivity index (χ0n) is 13.5. The number of rotatable bonds is 3. The number of carboxylic acid groups (broad SMARTS) is 1. The molecule has 2 fully saturated rings. The Kier molecular flexibility index (Phi) is 3.75. The highest BCUT2D eigenvalue weighted by molar-refractivity contribution is 6.02. The van der Waals surface area contributed by atoms with Crippen molar-refractivity contribution in [1.29, 1.82) is 0 Å². The van der Waals surface area contributed by atoms with E-state index < -0.39 is 11.4 Å². The zero-order chi connectivity index (χ0) is 16.7. The molecule has 4 rings (SSSR count). The van der Waals surface area contributed by atoms with Gasteiger partial charge < -0.3 is 14.7 Å². The van der Waals surface area contributed by atoms with Crippen LogP contribution in [0.25, 0.3) is 0 Å². The number of ether oxygens (including phenoxy) is 1. The third-order valence-electron chi connectivity index (χ3n) is 5.35. The topological polar surface area (TPSA) is 92.6 Å². The number of carbonyl (C=O) groups is 2. The Morgan fingerprint density at radius 1 is 1.29 bits per heavy atom. The first-order valence-electron chi connectivity index (χ1n) is 8.55. The van der Waals surface area contributed by atoms with Gasteiger partial charge >= 0.3 is 5.97 Å². The fourth-order valence-corrected chi connectivity index (χ4v) is 3.58. The molecule has 3 aliphatic rings. The number of carboxylic acids is 1. The molecular formula is C17H21N3O4. The van der Waals surface area contributed by atoms with Gasteiger partial charge in [0.1, 0.15) is 5.82 Å². The summed E-state index contributed by atoms with van der Waals surface area (Å²) in [6, 6.07) is 0. The number of aromatic nitrogens is 2. The smallest absolute Gasteiger partial charge is 0.319 e. The Labute approximate surface area is 140 Å². The third-order valence-corrected chi connectivity index (χ3v) is 5.35. The van der Waals surface area contributed by atoms with Crippen molar-refractivity contribution >= 4 is 11.9 Å². The Morgan fingerprint density at radius 2 is 2.04 bits per heavy atom. The summed E-state index contributed by atoms with van der Waals surface area (Å²) in [6.07, 6.45) is 5.27. The molecule has 0 spiro atoms. The maximum absolute atomic E-state index is 13.0. The predicted octanol–water partition coefficient (Wildman–Crippen LogP) is 1.12. The van der Waals surface area contributed by atoms with Gasteiger partial charge in [0.25, 0.3) is 0 Å². The monoisotopic (exact) mass is 331 g/mol. The van der Waals surface area contributed by atoms with Crippen LogP contribution in [0.2, 0.25) is 0 Å². The van der Waals surface area contributed by atoms with Crippen LogP contribution in [0.5, 0.6) is 0 Å². The van der Waals surface area contributed by atoms with Gasteiger partial charge in [-0.1, -0.05) is 0 Å². The molecule has 0 bridgehead atoms. The molecule has 0 unspecified atom stereocenters. The van der Waals surface area contributed by atoms with E-state index in [-0.39, 0.29) is 18.7 Å². The fraction of sp³-hybridized carbons (Fsp3) is 0.647. The highest BCUT2D eigenvalue weighted by Crippen LogP contribution is 2.39. The molecule has 1 aromatic rings. The minimum atomic E-state index is -1.34. The number of amides is 1. The van der Waals surface area contributed by atoms with Gasteiger partial charge in [-0.2, -0.15) is 0 Å². The highest BCUT2D eigenvalue weighted by Gasteiger charge is 2.49. The molecule has 2 aliphatic heterocycles. The van der Waals surface area contributed by atoms with Crippen molar-refractivity contribution in [2.24, 2.45) is 5.41 Å². The second-order valence-corrected chi connectivity index (χ2v) is 6.95. The Bertz CT molecular complexity index is 680. The summed E-state index contributed by atoms with van der Waals surface area (Å²) < 4.78 is 5.26. The summed E-state index contributed by atoms with van der Waals surface area (Å²) in [7, 11) is 0. The summed E-state index contributed by atoms with van der Waals surface area (Å²) in [6.45, 7) is 1.55. The van der Waals surface area contributed by atoms with Crippen molar-refractivity contribution in [3.63, 3.8) is 0 Å². The first-order valence-corrected chi connectivity index (χ1v) is 8.55. The average Bonchev–Trinajstić information content (AvgIpc) is 3.46. The van der Waals surface area contributed by atoms with Gasteiger partial charge in [-0.25, -0.2) is 9.97 Å². The average molecular weight is 331 g/mol. The molecule has 7 heteroatoms. The molecule has 0 aromatic carbocycles. The SMILES string of the molecule is O=C(O)C1(C(=O)N2CCc3nc(C4CC4)ncc3C2)CCOCC1. The van der Waals surface area contributed by atoms with E-state index in [1.54, 1.807) is 4.90 Å². The summed E-state index contributed by atoms with van der Waals surface area (Å²) in [5, 5.41) is 9.66. The van der Waals surface area contributed by atoms with Crippen molar-refractivity contribution in [2.45, 2.75) is 44.6 Å². The third kappa shape index (κ3) is 2.56. The normalized spacial score (nSPS) is 22.8. The van der Waals surface area contributed by atoms with Gasteiger partial charge in [0, 0.05) is 50.4 Å². The number of carbonyl (C=O) groups excluding carboxylic acids is 1. The molecule has 1 saturated carbocycles. The van der Waals surface area contributed by atoms with Crippen LogP contribution in [0.15, 0.2) is 6.20 Å². The minimum Gasteiger partial charge on any atom is -0.480 e. The summed E-state index contributed by atoms with van der Waals surface area (Å²) in [4.78, 5) is 35.5. The quantitative estimate of drug-likeness (QED) is 0.835. The second-order valence-electron chi connectivity index (χ2n) is 6.95. The molecule has 3 heterocycles. The van der Waals surface area contributed by atoms with Crippen LogP contribution < -0.4 is 0 Å². The number of hydrogen-bond acceptors (Lipinski definition) is 5. The molecule has 1 saturated heterocycles. The van der Waals surface area contributed by atoms with Gasteiger partial charge in [-0.15, -0.1) is 0 Å². The van der Waals surface area contributed by atoms with Gasteiger partial charge in [-0.05, 0) is 25.7 Å². The van der Waals surface area contributed by atoms with Crippen molar-refractivity contribution < 1.29 is 19.4 Å². The van der Waals surface area contributed by atoms with E-state index in [2.05, 4.69) is 9.97 Å². The van der Waals surface area contributed by atoms with E-state index in [1.807, 2.05) is 6.20 Å². The molecule has 7 nitrogen and oxygen atoms in total. The molecule has 1 amide bonds. The van der Waals surface area contributed by atoms with Gasteiger partial charge in [-0.3, -0.25) is 9.59 Å². The second kappa shape index (κ2) is 5.81. The zero-order valence-corrected chi connectivity index (χ0v) is 13.5. The molecule has 1 N–H and O–H groups in total. The van der Waals surface area contributed by atoms with Crippen LogP contribution in [0.1, 0.15) is 48.7 Å². The van der Waals surface area contributed by atoms with Crippen LogP contribution >= 0.6 is 0 Å². The van der Waals surface area contributed by atoms with Crippen molar-refractivity contribution in [3.8, 4) is 0 Å². The van der Waals surface area contributed by atoms with E-state index in [0.29, 0.717) is 38.6 Å². The number of fused-ring (bicyclic) bond motifs is 1. The van der Waals surface area contributed by atoms with Crippen LogP contribution in [-0.4, -0.2) is 51.6 Å². The van der Waals surface area contributed by atoms with Crippen molar-refractivity contribution in [2.75, 3.05) is 19.8 Å². The molecule has 24 heavy (non-hydrogen) atoms. The molecule has 0 atom stereocenters. The van der Waals surface area contributed by atoms with Crippen molar-refractivity contribution in [3.05, 3.63) is 23.3 Å². The Morgan fingerprint density at radius 3 is 2.71 bits per heavy atom. The van der Waals surface area contributed by atoms with Crippen LogP contribution in [0.3, 0.4) is 0 Å². The lowest BCUT2D eigenvalue weighted by molar-refractivity contribution is -0.168. The van der Waals surface area contributed by atoms with Crippen LogP contribution in [0, 0.1) is 5.41 Å². The van der Waals surface area contributed by atoms with E-state index >= 15 is 0 Å². The van der Waals surface area contributed by atoms with Crippen LogP contribution in [0.4, 0.5) is 0 Å². The highest BCUT2D eigenvalue weighted by atomic mass is 16.5. The lowest BCUT2D eigenvalue weighted by Crippen LogP contribution is -2.52. The summed E-state index contributed by atoms with van der Waals surface area (Å²) >= 11 is 0. The van der Waals surface area contributed by atoms with Gasteiger partial charge in [0.15, 0.2) is 5.41 Å². The predicted molar refractivity (Wildman–Crippen MR) is 83.2 cm³/mol. The lowest BCUT2D eigenvalue weighted by Gasteiger charge is -2.38. The molecule has 0 radical (unpaired) electrons. The molecular weight excluding hydrogens is 310 g/mol. The molecule has 1 aromatic heterocycles. The van der Waals surface area contributed by atoms with Gasteiger partial charge in [0.2, 0.25) is 5.91 Å². The van der Waals surface area contributed by atoms with E-state index in [1.165, 1.54) is 0 Å². The molecule has 1 aliphatic carbocycles. The maximum Gasteiger partial charge on any atom is 0.319 e. The fourth-order valence-electron chi connectivity index (χ4n) is 3.58. The first-order chi connectivity index (χ1) is 11.6. The number of nitrogens with zero attached hydrogens (tertiary/aromatic N) is 3.